The number of rotatable bonds is 3. The van der Waals surface area contributed by atoms with Crippen LogP contribution in [0.25, 0.3) is 0 Å². The zero-order valence-electron chi connectivity index (χ0n) is 7.60. The topological polar surface area (TPSA) is 49.3 Å². The number of carboxylic acids is 1. The molecule has 0 radical (unpaired) electrons. The fourth-order valence-corrected chi connectivity index (χ4v) is 1.93. The van der Waals surface area contributed by atoms with E-state index in [4.69, 9.17) is 5.11 Å². The molecule has 1 saturated heterocycles. The smallest absolute Gasteiger partial charge is 0.303 e. The monoisotopic (exact) mass is 171 g/mol. The van der Waals surface area contributed by atoms with Crippen molar-refractivity contribution in [2.45, 2.75) is 32.6 Å². The number of hydrogen-bond acceptors (Lipinski definition) is 2. The van der Waals surface area contributed by atoms with Crippen molar-refractivity contribution in [1.29, 1.82) is 0 Å². The highest BCUT2D eigenvalue weighted by molar-refractivity contribution is 5.67. The van der Waals surface area contributed by atoms with Gasteiger partial charge < -0.3 is 10.4 Å². The Labute approximate surface area is 73.2 Å². The van der Waals surface area contributed by atoms with E-state index in [-0.39, 0.29) is 5.41 Å². The maximum Gasteiger partial charge on any atom is 0.303 e. The standard InChI is InChI=1S/C9H17NO2/c1-2-9(6-8(11)12)4-3-5-10-7-9/h10H,2-7H2,1H3,(H,11,12). The number of piperidine rings is 1. The van der Waals surface area contributed by atoms with Gasteiger partial charge in [0.1, 0.15) is 0 Å². The summed E-state index contributed by atoms with van der Waals surface area (Å²) in [6, 6.07) is 0. The molecule has 0 aliphatic carbocycles. The van der Waals surface area contributed by atoms with Crippen LogP contribution in [0.3, 0.4) is 0 Å². The molecule has 70 valence electrons. The minimum Gasteiger partial charge on any atom is -0.481 e. The molecule has 0 aromatic carbocycles. The summed E-state index contributed by atoms with van der Waals surface area (Å²) in [5, 5.41) is 12.0. The maximum absolute atomic E-state index is 10.6. The predicted octanol–water partition coefficient (Wildman–Crippen LogP) is 1.24. The van der Waals surface area contributed by atoms with Crippen LogP contribution in [0.2, 0.25) is 0 Å². The molecule has 3 heteroatoms. The van der Waals surface area contributed by atoms with Crippen LogP contribution < -0.4 is 5.32 Å². The molecule has 3 nitrogen and oxygen atoms in total. The predicted molar refractivity (Wildman–Crippen MR) is 47.1 cm³/mol. The minimum absolute atomic E-state index is 0.0318. The Morgan fingerprint density at radius 3 is 2.83 bits per heavy atom. The Bertz CT molecular complexity index is 162. The molecule has 0 bridgehead atoms. The highest BCUT2D eigenvalue weighted by Crippen LogP contribution is 2.33. The molecule has 1 aliphatic rings. The fourth-order valence-electron chi connectivity index (χ4n) is 1.93. The summed E-state index contributed by atoms with van der Waals surface area (Å²) in [7, 11) is 0. The Hall–Kier alpha value is -0.570. The largest absolute Gasteiger partial charge is 0.481 e. The lowest BCUT2D eigenvalue weighted by Gasteiger charge is -2.35. The molecule has 0 amide bonds. The molecule has 2 N–H and O–H groups in total. The van der Waals surface area contributed by atoms with Gasteiger partial charge in [-0.2, -0.15) is 0 Å². The van der Waals surface area contributed by atoms with Crippen molar-refractivity contribution in [2.75, 3.05) is 13.1 Å². The van der Waals surface area contributed by atoms with Gasteiger partial charge >= 0.3 is 5.97 Å². The van der Waals surface area contributed by atoms with Gasteiger partial charge in [-0.25, -0.2) is 0 Å². The van der Waals surface area contributed by atoms with Gasteiger partial charge in [0.15, 0.2) is 0 Å². The maximum atomic E-state index is 10.6. The molecule has 1 atom stereocenters. The third-order valence-electron chi connectivity index (χ3n) is 2.84. The molecule has 12 heavy (non-hydrogen) atoms. The Morgan fingerprint density at radius 1 is 1.67 bits per heavy atom. The van der Waals surface area contributed by atoms with Crippen LogP contribution in [0.15, 0.2) is 0 Å². The van der Waals surface area contributed by atoms with E-state index in [2.05, 4.69) is 12.2 Å². The SMILES string of the molecule is CCC1(CC(=O)O)CCCNC1. The lowest BCUT2D eigenvalue weighted by atomic mass is 9.76. The first kappa shape index (κ1) is 9.52. The molecule has 0 aromatic rings. The van der Waals surface area contributed by atoms with Crippen molar-refractivity contribution in [2.24, 2.45) is 5.41 Å². The molecular formula is C9H17NO2. The van der Waals surface area contributed by atoms with Gasteiger partial charge in [-0.3, -0.25) is 4.79 Å². The van der Waals surface area contributed by atoms with Crippen molar-refractivity contribution in [3.8, 4) is 0 Å². The Balaban J connectivity index is 2.53. The summed E-state index contributed by atoms with van der Waals surface area (Å²) >= 11 is 0. The van der Waals surface area contributed by atoms with Gasteiger partial charge in [0.25, 0.3) is 0 Å². The average molecular weight is 171 g/mol. The van der Waals surface area contributed by atoms with E-state index in [0.29, 0.717) is 6.42 Å². The van der Waals surface area contributed by atoms with Crippen LogP contribution >= 0.6 is 0 Å². The van der Waals surface area contributed by atoms with Crippen LogP contribution in [0, 0.1) is 5.41 Å². The van der Waals surface area contributed by atoms with Gasteiger partial charge in [-0.1, -0.05) is 6.92 Å². The zero-order valence-corrected chi connectivity index (χ0v) is 7.60. The summed E-state index contributed by atoms with van der Waals surface area (Å²) in [6.45, 7) is 3.99. The first-order valence-electron chi connectivity index (χ1n) is 4.61. The normalized spacial score (nSPS) is 30.1. The van der Waals surface area contributed by atoms with E-state index < -0.39 is 5.97 Å². The van der Waals surface area contributed by atoms with E-state index in [1.54, 1.807) is 0 Å². The quantitative estimate of drug-likeness (QED) is 0.671. The zero-order chi connectivity index (χ0) is 9.03. The van der Waals surface area contributed by atoms with Crippen molar-refractivity contribution in [3.05, 3.63) is 0 Å². The van der Waals surface area contributed by atoms with Crippen LogP contribution in [0.1, 0.15) is 32.6 Å². The van der Waals surface area contributed by atoms with Crippen molar-refractivity contribution < 1.29 is 9.90 Å². The van der Waals surface area contributed by atoms with E-state index in [9.17, 15) is 4.79 Å². The van der Waals surface area contributed by atoms with Gasteiger partial charge in [-0.05, 0) is 31.2 Å². The highest BCUT2D eigenvalue weighted by atomic mass is 16.4. The van der Waals surface area contributed by atoms with Crippen LogP contribution in [-0.2, 0) is 4.79 Å². The van der Waals surface area contributed by atoms with Crippen molar-refractivity contribution in [3.63, 3.8) is 0 Å². The Morgan fingerprint density at radius 2 is 2.42 bits per heavy atom. The van der Waals surface area contributed by atoms with Crippen LogP contribution in [-0.4, -0.2) is 24.2 Å². The lowest BCUT2D eigenvalue weighted by Crippen LogP contribution is -2.40. The second kappa shape index (κ2) is 3.90. The summed E-state index contributed by atoms with van der Waals surface area (Å²) < 4.78 is 0. The van der Waals surface area contributed by atoms with Crippen molar-refractivity contribution in [1.82, 2.24) is 5.32 Å². The first-order chi connectivity index (χ1) is 5.68. The second-order valence-corrected chi connectivity index (χ2v) is 3.70. The molecular weight excluding hydrogens is 154 g/mol. The molecule has 1 unspecified atom stereocenters. The van der Waals surface area contributed by atoms with Gasteiger partial charge in [-0.15, -0.1) is 0 Å². The fraction of sp³-hybridized carbons (Fsp3) is 0.889. The summed E-state index contributed by atoms with van der Waals surface area (Å²) in [5.74, 6) is -0.666. The number of nitrogens with one attached hydrogen (secondary N) is 1. The molecule has 0 aromatic heterocycles. The summed E-state index contributed by atoms with van der Waals surface area (Å²) in [6.07, 6.45) is 3.45. The minimum atomic E-state index is -0.666. The highest BCUT2D eigenvalue weighted by Gasteiger charge is 2.32. The third kappa shape index (κ3) is 2.21. The number of hydrogen-bond donors (Lipinski definition) is 2. The van der Waals surface area contributed by atoms with E-state index >= 15 is 0 Å². The van der Waals surface area contributed by atoms with Gasteiger partial charge in [0.05, 0.1) is 6.42 Å². The summed E-state index contributed by atoms with van der Waals surface area (Å²) in [5.41, 5.74) is 0.0318. The van der Waals surface area contributed by atoms with Crippen LogP contribution in [0.4, 0.5) is 0 Å². The van der Waals surface area contributed by atoms with Crippen molar-refractivity contribution >= 4 is 5.97 Å². The summed E-state index contributed by atoms with van der Waals surface area (Å²) in [4.78, 5) is 10.6. The van der Waals surface area contributed by atoms with E-state index in [1.165, 1.54) is 0 Å². The van der Waals surface area contributed by atoms with Crippen LogP contribution in [0.5, 0.6) is 0 Å². The molecule has 1 aliphatic heterocycles. The average Bonchev–Trinajstić information content (AvgIpc) is 2.05. The van der Waals surface area contributed by atoms with E-state index in [1.807, 2.05) is 0 Å². The lowest BCUT2D eigenvalue weighted by molar-refractivity contribution is -0.140. The molecule has 1 heterocycles. The number of carbonyl (C=O) groups is 1. The first-order valence-corrected chi connectivity index (χ1v) is 4.61. The molecule has 1 fully saturated rings. The molecule has 1 rings (SSSR count). The molecule has 0 saturated carbocycles. The molecule has 0 spiro atoms. The number of carboxylic acid groups (broad SMARTS) is 1. The second-order valence-electron chi connectivity index (χ2n) is 3.70. The van der Waals surface area contributed by atoms with Gasteiger partial charge in [0, 0.05) is 6.54 Å². The number of aliphatic carboxylic acids is 1. The van der Waals surface area contributed by atoms with E-state index in [0.717, 1.165) is 32.4 Å². The van der Waals surface area contributed by atoms with Gasteiger partial charge in [0.2, 0.25) is 0 Å². The third-order valence-corrected chi connectivity index (χ3v) is 2.84. The Kier molecular flexibility index (Phi) is 3.09.